The van der Waals surface area contributed by atoms with Crippen molar-refractivity contribution in [3.05, 3.63) is 33.2 Å². The number of amides is 1. The van der Waals surface area contributed by atoms with Crippen LogP contribution in [0.2, 0.25) is 5.02 Å². The first-order valence-electron chi connectivity index (χ1n) is 9.12. The normalized spacial score (nSPS) is 17.9. The minimum atomic E-state index is 0.0449. The molecule has 0 radical (unpaired) electrons. The maximum absolute atomic E-state index is 12.0. The minimum absolute atomic E-state index is 0.0449. The number of aromatic nitrogens is 2. The van der Waals surface area contributed by atoms with Gasteiger partial charge in [0, 0.05) is 49.9 Å². The van der Waals surface area contributed by atoms with Crippen molar-refractivity contribution in [1.82, 2.24) is 14.7 Å². The molecule has 1 aliphatic carbocycles. The van der Waals surface area contributed by atoms with Crippen LogP contribution < -0.4 is 9.80 Å². The highest BCUT2D eigenvalue weighted by Gasteiger charge is 2.34. The standard InChI is InChI=1S/C18H22ClN5OS2/c1-13(25)24(15-5-6-15)17-20-23(18(26)27-17)12-21-7-9-22(10-8-21)16-4-2-3-14(19)11-16/h2-4,11,15H,5-10,12H2,1H3. The molecule has 4 rings (SSSR count). The number of nitrogens with zero attached hydrogens (tertiary/aromatic N) is 5. The molecular weight excluding hydrogens is 402 g/mol. The number of halogens is 1. The zero-order valence-electron chi connectivity index (χ0n) is 15.2. The molecule has 27 heavy (non-hydrogen) atoms. The van der Waals surface area contributed by atoms with E-state index in [1.165, 1.54) is 11.3 Å². The summed E-state index contributed by atoms with van der Waals surface area (Å²) in [6.45, 7) is 6.00. The largest absolute Gasteiger partial charge is 0.369 e. The third-order valence-electron chi connectivity index (χ3n) is 4.93. The molecule has 2 fully saturated rings. The maximum Gasteiger partial charge on any atom is 0.225 e. The Balaban J connectivity index is 1.39. The van der Waals surface area contributed by atoms with Crippen molar-refractivity contribution in [2.24, 2.45) is 0 Å². The zero-order valence-corrected chi connectivity index (χ0v) is 17.6. The van der Waals surface area contributed by atoms with Gasteiger partial charge in [-0.1, -0.05) is 29.0 Å². The lowest BCUT2D eigenvalue weighted by molar-refractivity contribution is -0.116. The number of hydrogen-bond acceptors (Lipinski definition) is 6. The predicted octanol–water partition coefficient (Wildman–Crippen LogP) is 3.62. The minimum Gasteiger partial charge on any atom is -0.369 e. The van der Waals surface area contributed by atoms with Gasteiger partial charge >= 0.3 is 0 Å². The van der Waals surface area contributed by atoms with E-state index >= 15 is 0 Å². The van der Waals surface area contributed by atoms with Crippen LogP contribution in [-0.2, 0) is 11.5 Å². The Labute approximate surface area is 172 Å². The summed E-state index contributed by atoms with van der Waals surface area (Å²) in [6, 6.07) is 8.29. The van der Waals surface area contributed by atoms with Gasteiger partial charge in [0.15, 0.2) is 3.95 Å². The van der Waals surface area contributed by atoms with Gasteiger partial charge in [0.2, 0.25) is 11.0 Å². The van der Waals surface area contributed by atoms with Crippen molar-refractivity contribution in [3.8, 4) is 0 Å². The van der Waals surface area contributed by atoms with Crippen LogP contribution in [0.1, 0.15) is 19.8 Å². The van der Waals surface area contributed by atoms with E-state index in [-0.39, 0.29) is 5.91 Å². The first kappa shape index (κ1) is 18.9. The molecule has 1 saturated heterocycles. The molecule has 0 spiro atoms. The predicted molar refractivity (Wildman–Crippen MR) is 112 cm³/mol. The van der Waals surface area contributed by atoms with E-state index in [0.717, 1.165) is 54.9 Å². The molecule has 2 heterocycles. The van der Waals surface area contributed by atoms with E-state index < -0.39 is 0 Å². The van der Waals surface area contributed by atoms with Crippen molar-refractivity contribution < 1.29 is 4.79 Å². The molecule has 1 amide bonds. The molecule has 1 saturated carbocycles. The molecule has 1 aromatic heterocycles. The van der Waals surface area contributed by atoms with Crippen LogP contribution in [0.25, 0.3) is 0 Å². The first-order chi connectivity index (χ1) is 13.0. The maximum atomic E-state index is 12.0. The van der Waals surface area contributed by atoms with Crippen LogP contribution in [0.4, 0.5) is 10.8 Å². The Kier molecular flexibility index (Phi) is 5.50. The Morgan fingerprint density at radius 3 is 2.70 bits per heavy atom. The first-order valence-corrected chi connectivity index (χ1v) is 10.7. The van der Waals surface area contributed by atoms with Crippen LogP contribution in [-0.4, -0.2) is 52.8 Å². The van der Waals surface area contributed by atoms with Gasteiger partial charge in [-0.2, -0.15) is 0 Å². The van der Waals surface area contributed by atoms with E-state index in [9.17, 15) is 4.79 Å². The summed E-state index contributed by atoms with van der Waals surface area (Å²) in [5.74, 6) is 0.0449. The van der Waals surface area contributed by atoms with Crippen LogP contribution >= 0.6 is 35.2 Å². The Bertz CT molecular complexity index is 886. The molecule has 0 N–H and O–H groups in total. The molecule has 6 nitrogen and oxygen atoms in total. The average molecular weight is 424 g/mol. The lowest BCUT2D eigenvalue weighted by Crippen LogP contribution is -2.47. The van der Waals surface area contributed by atoms with Crippen LogP contribution in [0.5, 0.6) is 0 Å². The van der Waals surface area contributed by atoms with Crippen molar-refractivity contribution in [1.29, 1.82) is 0 Å². The van der Waals surface area contributed by atoms with Gasteiger partial charge in [-0.05, 0) is 43.3 Å². The lowest BCUT2D eigenvalue weighted by Gasteiger charge is -2.35. The summed E-state index contributed by atoms with van der Waals surface area (Å²) in [5.41, 5.74) is 1.16. The van der Waals surface area contributed by atoms with E-state index in [1.807, 2.05) is 22.9 Å². The van der Waals surface area contributed by atoms with Crippen molar-refractivity contribution in [2.45, 2.75) is 32.5 Å². The Hall–Kier alpha value is -1.48. The van der Waals surface area contributed by atoms with E-state index in [2.05, 4.69) is 21.0 Å². The molecule has 1 aliphatic heterocycles. The van der Waals surface area contributed by atoms with E-state index in [1.54, 1.807) is 11.8 Å². The van der Waals surface area contributed by atoms with Crippen molar-refractivity contribution >= 4 is 51.9 Å². The number of piperazine rings is 1. The van der Waals surface area contributed by atoms with Crippen LogP contribution in [0.15, 0.2) is 24.3 Å². The SMILES string of the molecule is CC(=O)N(c1nn(CN2CCN(c3cccc(Cl)c3)CC2)c(=S)s1)C1CC1. The number of carbonyl (C=O) groups excluding carboxylic acids is 1. The summed E-state index contributed by atoms with van der Waals surface area (Å²) < 4.78 is 2.57. The second-order valence-corrected chi connectivity index (χ2v) is 9.03. The third-order valence-corrected chi connectivity index (χ3v) is 6.47. The Morgan fingerprint density at radius 2 is 2.07 bits per heavy atom. The number of rotatable bonds is 5. The van der Waals surface area contributed by atoms with Gasteiger partial charge in [0.05, 0.1) is 6.67 Å². The highest BCUT2D eigenvalue weighted by atomic mass is 35.5. The molecule has 9 heteroatoms. The fraction of sp³-hybridized carbons (Fsp3) is 0.500. The lowest BCUT2D eigenvalue weighted by atomic mass is 10.2. The van der Waals surface area contributed by atoms with E-state index in [0.29, 0.717) is 16.7 Å². The molecule has 1 aromatic carbocycles. The quantitative estimate of drug-likeness (QED) is 0.687. The van der Waals surface area contributed by atoms with Gasteiger partial charge in [-0.25, -0.2) is 4.68 Å². The number of carbonyl (C=O) groups is 1. The van der Waals surface area contributed by atoms with Gasteiger partial charge in [0.25, 0.3) is 0 Å². The molecule has 2 aliphatic rings. The van der Waals surface area contributed by atoms with Gasteiger partial charge < -0.3 is 4.90 Å². The number of anilines is 2. The molecule has 0 bridgehead atoms. The van der Waals surface area contributed by atoms with Crippen molar-refractivity contribution in [3.63, 3.8) is 0 Å². The molecule has 2 aromatic rings. The summed E-state index contributed by atoms with van der Waals surface area (Å²) >= 11 is 13.0. The second kappa shape index (κ2) is 7.87. The zero-order chi connectivity index (χ0) is 19.0. The summed E-state index contributed by atoms with van der Waals surface area (Å²) in [6.07, 6.45) is 2.11. The fourth-order valence-corrected chi connectivity index (χ4v) is 4.75. The summed E-state index contributed by atoms with van der Waals surface area (Å²) in [7, 11) is 0. The highest BCUT2D eigenvalue weighted by Crippen LogP contribution is 2.33. The number of hydrogen-bond donors (Lipinski definition) is 0. The van der Waals surface area contributed by atoms with Gasteiger partial charge in [0.1, 0.15) is 0 Å². The van der Waals surface area contributed by atoms with Crippen LogP contribution in [0, 0.1) is 3.95 Å². The van der Waals surface area contributed by atoms with Crippen LogP contribution in [0.3, 0.4) is 0 Å². The molecule has 0 atom stereocenters. The fourth-order valence-electron chi connectivity index (χ4n) is 3.37. The van der Waals surface area contributed by atoms with Gasteiger partial charge in [-0.3, -0.25) is 14.6 Å². The number of benzene rings is 1. The summed E-state index contributed by atoms with van der Waals surface area (Å²) in [5, 5.41) is 6.13. The highest BCUT2D eigenvalue weighted by molar-refractivity contribution is 7.73. The molecule has 144 valence electrons. The second-order valence-electron chi connectivity index (χ2n) is 7.00. The molecule has 0 unspecified atom stereocenters. The average Bonchev–Trinajstić information content (AvgIpc) is 3.40. The topological polar surface area (TPSA) is 44.6 Å². The van der Waals surface area contributed by atoms with E-state index in [4.69, 9.17) is 23.8 Å². The third kappa shape index (κ3) is 4.34. The molecular formula is C18H22ClN5OS2. The smallest absolute Gasteiger partial charge is 0.225 e. The van der Waals surface area contributed by atoms with Gasteiger partial charge in [-0.15, -0.1) is 5.10 Å². The van der Waals surface area contributed by atoms with Crippen molar-refractivity contribution in [2.75, 3.05) is 36.0 Å². The Morgan fingerprint density at radius 1 is 1.33 bits per heavy atom. The summed E-state index contributed by atoms with van der Waals surface area (Å²) in [4.78, 5) is 18.4. The monoisotopic (exact) mass is 423 g/mol.